The lowest BCUT2D eigenvalue weighted by Crippen LogP contribution is -2.47. The van der Waals surface area contributed by atoms with Gasteiger partial charge in [-0.3, -0.25) is 4.90 Å². The van der Waals surface area contributed by atoms with Gasteiger partial charge in [0.1, 0.15) is 10.0 Å². The molecule has 4 atom stereocenters. The van der Waals surface area contributed by atoms with E-state index in [1.54, 1.807) is 0 Å². The number of aromatic nitrogens is 2. The van der Waals surface area contributed by atoms with Gasteiger partial charge in [-0.15, -0.1) is 21.5 Å². The first-order valence-electron chi connectivity index (χ1n) is 11.8. The number of piperidine rings is 1. The first kappa shape index (κ1) is 18.5. The zero-order chi connectivity index (χ0) is 18.4. The Kier molecular flexibility index (Phi) is 5.32. The number of hydrogen-bond acceptors (Lipinski definition) is 4. The molecule has 0 spiro atoms. The van der Waals surface area contributed by atoms with Gasteiger partial charge in [0.25, 0.3) is 0 Å². The number of fused-ring (bicyclic) bond motifs is 2. The molecule has 1 aromatic heterocycles. The summed E-state index contributed by atoms with van der Waals surface area (Å²) >= 11 is 2.01. The summed E-state index contributed by atoms with van der Waals surface area (Å²) in [5, 5.41) is 12.4. The van der Waals surface area contributed by atoms with Crippen molar-refractivity contribution in [2.75, 3.05) is 7.05 Å². The molecule has 2 aliphatic heterocycles. The molecule has 4 fully saturated rings. The Morgan fingerprint density at radius 3 is 2.37 bits per heavy atom. The Morgan fingerprint density at radius 2 is 1.59 bits per heavy atom. The summed E-state index contributed by atoms with van der Waals surface area (Å²) in [5.74, 6) is 4.10. The zero-order valence-electron chi connectivity index (χ0n) is 17.3. The van der Waals surface area contributed by atoms with Gasteiger partial charge >= 0.3 is 0 Å². The van der Waals surface area contributed by atoms with Crippen molar-refractivity contribution < 1.29 is 0 Å². The van der Waals surface area contributed by atoms with E-state index in [0.717, 1.165) is 29.8 Å². The van der Waals surface area contributed by atoms with Crippen LogP contribution in [0.25, 0.3) is 0 Å². The van der Waals surface area contributed by atoms with Crippen LogP contribution in [0.1, 0.15) is 106 Å². The second-order valence-electron chi connectivity index (χ2n) is 10.2. The van der Waals surface area contributed by atoms with E-state index in [0.29, 0.717) is 11.8 Å². The van der Waals surface area contributed by atoms with Crippen LogP contribution >= 0.6 is 11.3 Å². The molecule has 3 heterocycles. The first-order chi connectivity index (χ1) is 13.2. The Morgan fingerprint density at radius 1 is 0.852 bits per heavy atom. The van der Waals surface area contributed by atoms with Gasteiger partial charge in [-0.1, -0.05) is 39.0 Å². The largest absolute Gasteiger partial charge is 0.300 e. The van der Waals surface area contributed by atoms with Gasteiger partial charge in [-0.2, -0.15) is 0 Å². The normalized spacial score (nSPS) is 41.1. The van der Waals surface area contributed by atoms with Gasteiger partial charge < -0.3 is 0 Å². The van der Waals surface area contributed by atoms with E-state index in [9.17, 15) is 0 Å². The molecule has 5 rings (SSSR count). The highest BCUT2D eigenvalue weighted by Gasteiger charge is 2.49. The van der Waals surface area contributed by atoms with Gasteiger partial charge in [0.15, 0.2) is 0 Å². The smallest absolute Gasteiger partial charge is 0.122 e. The number of rotatable bonds is 3. The van der Waals surface area contributed by atoms with Crippen LogP contribution < -0.4 is 0 Å². The molecule has 2 bridgehead atoms. The van der Waals surface area contributed by atoms with Crippen molar-refractivity contribution in [3.63, 3.8) is 0 Å². The Bertz CT molecular complexity index is 629. The number of likely N-dealkylation sites (N-methyl/N-ethyl adjacent to an activating group) is 1. The maximum Gasteiger partial charge on any atom is 0.122 e. The fraction of sp³-hybridized carbons (Fsp3) is 0.913. The molecule has 0 N–H and O–H groups in total. The maximum absolute atomic E-state index is 4.87. The molecule has 3 nitrogen and oxygen atoms in total. The molecule has 1 aromatic rings. The topological polar surface area (TPSA) is 29.0 Å². The Balaban J connectivity index is 1.41. The molecule has 0 aromatic carbocycles. The second-order valence-corrected chi connectivity index (χ2v) is 11.3. The minimum atomic E-state index is 0.655. The SMILES string of the molecule is CC1CCC(C2CC3CCC(C2c2nnc(C4CCCCC4)s2)N3C)CC1. The molecule has 4 heteroatoms. The molecule has 2 aliphatic carbocycles. The lowest BCUT2D eigenvalue weighted by molar-refractivity contribution is 0.0575. The monoisotopic (exact) mass is 387 g/mol. The molecule has 4 unspecified atom stereocenters. The first-order valence-corrected chi connectivity index (χ1v) is 12.6. The van der Waals surface area contributed by atoms with E-state index in [4.69, 9.17) is 10.2 Å². The summed E-state index contributed by atoms with van der Waals surface area (Å²) in [4.78, 5) is 2.72. The summed E-state index contributed by atoms with van der Waals surface area (Å²) in [6, 6.07) is 1.56. The van der Waals surface area contributed by atoms with Crippen molar-refractivity contribution in [3.8, 4) is 0 Å². The highest BCUT2D eigenvalue weighted by atomic mass is 32.1. The predicted molar refractivity (Wildman–Crippen MR) is 112 cm³/mol. The highest BCUT2D eigenvalue weighted by molar-refractivity contribution is 7.11. The standard InChI is InChI=1S/C23H37N3S/c1-15-8-10-16(11-9-15)19-14-18-12-13-20(26(18)2)21(19)23-25-24-22(27-23)17-6-4-3-5-7-17/h15-21H,3-14H2,1-2H3. The Hall–Kier alpha value is -0.480. The van der Waals surface area contributed by atoms with E-state index in [-0.39, 0.29) is 0 Å². The van der Waals surface area contributed by atoms with Crippen LogP contribution in [0.3, 0.4) is 0 Å². The molecular formula is C23H37N3S. The van der Waals surface area contributed by atoms with Crippen molar-refractivity contribution in [2.24, 2.45) is 17.8 Å². The van der Waals surface area contributed by atoms with Gasteiger partial charge in [0.2, 0.25) is 0 Å². The second kappa shape index (κ2) is 7.74. The highest BCUT2D eigenvalue weighted by Crippen LogP contribution is 2.53. The average molecular weight is 388 g/mol. The predicted octanol–water partition coefficient (Wildman–Crippen LogP) is 5.98. The van der Waals surface area contributed by atoms with Gasteiger partial charge in [-0.25, -0.2) is 0 Å². The van der Waals surface area contributed by atoms with Crippen LogP contribution in [0.4, 0.5) is 0 Å². The maximum atomic E-state index is 4.87. The van der Waals surface area contributed by atoms with Crippen LogP contribution in [-0.2, 0) is 0 Å². The fourth-order valence-electron chi connectivity index (χ4n) is 6.95. The third-order valence-electron chi connectivity index (χ3n) is 8.68. The van der Waals surface area contributed by atoms with E-state index >= 15 is 0 Å². The van der Waals surface area contributed by atoms with Crippen molar-refractivity contribution in [1.29, 1.82) is 0 Å². The molecule has 0 radical (unpaired) electrons. The van der Waals surface area contributed by atoms with E-state index in [2.05, 4.69) is 18.9 Å². The lowest BCUT2D eigenvalue weighted by atomic mass is 9.67. The van der Waals surface area contributed by atoms with Crippen molar-refractivity contribution in [2.45, 2.75) is 108 Å². The summed E-state index contributed by atoms with van der Waals surface area (Å²) in [6.07, 6.45) is 16.9. The molecule has 2 saturated heterocycles. The van der Waals surface area contributed by atoms with Crippen molar-refractivity contribution >= 4 is 11.3 Å². The van der Waals surface area contributed by atoms with E-state index < -0.39 is 0 Å². The van der Waals surface area contributed by atoms with Crippen LogP contribution in [0.15, 0.2) is 0 Å². The van der Waals surface area contributed by atoms with Crippen LogP contribution in [0.5, 0.6) is 0 Å². The third kappa shape index (κ3) is 3.50. The van der Waals surface area contributed by atoms with E-state index in [1.165, 1.54) is 87.1 Å². The molecular weight excluding hydrogens is 350 g/mol. The Labute approximate surface area is 169 Å². The van der Waals surface area contributed by atoms with Crippen molar-refractivity contribution in [1.82, 2.24) is 15.1 Å². The van der Waals surface area contributed by atoms with Gasteiger partial charge in [0, 0.05) is 23.9 Å². The van der Waals surface area contributed by atoms with Crippen molar-refractivity contribution in [3.05, 3.63) is 10.0 Å². The average Bonchev–Trinajstić information content (AvgIpc) is 3.26. The molecule has 27 heavy (non-hydrogen) atoms. The number of nitrogens with zero attached hydrogens (tertiary/aromatic N) is 3. The fourth-order valence-corrected chi connectivity index (χ4v) is 8.20. The quantitative estimate of drug-likeness (QED) is 0.639. The van der Waals surface area contributed by atoms with Gasteiger partial charge in [-0.05, 0) is 69.7 Å². The summed E-state index contributed by atoms with van der Waals surface area (Å²) in [6.45, 7) is 2.45. The number of hydrogen-bond donors (Lipinski definition) is 0. The molecule has 150 valence electrons. The molecule has 4 aliphatic rings. The molecule has 2 saturated carbocycles. The summed E-state index contributed by atoms with van der Waals surface area (Å²) < 4.78 is 0. The van der Waals surface area contributed by atoms with Crippen LogP contribution in [0.2, 0.25) is 0 Å². The summed E-state index contributed by atoms with van der Waals surface area (Å²) in [5.41, 5.74) is 0. The van der Waals surface area contributed by atoms with Gasteiger partial charge in [0.05, 0.1) is 0 Å². The molecule has 0 amide bonds. The lowest BCUT2D eigenvalue weighted by Gasteiger charge is -2.46. The minimum absolute atomic E-state index is 0.655. The van der Waals surface area contributed by atoms with E-state index in [1.807, 2.05) is 11.3 Å². The van der Waals surface area contributed by atoms with Crippen LogP contribution in [0, 0.1) is 17.8 Å². The van der Waals surface area contributed by atoms with Crippen LogP contribution in [-0.4, -0.2) is 34.2 Å². The summed E-state index contributed by atoms with van der Waals surface area (Å²) in [7, 11) is 2.39. The third-order valence-corrected chi connectivity index (χ3v) is 9.86. The zero-order valence-corrected chi connectivity index (χ0v) is 18.1. The minimum Gasteiger partial charge on any atom is -0.300 e.